The number of aryl methyl sites for hydroxylation is 1. The monoisotopic (exact) mass is 522 g/mol. The van der Waals surface area contributed by atoms with Crippen molar-refractivity contribution in [2.24, 2.45) is 0 Å². The average molecular weight is 523 g/mol. The van der Waals surface area contributed by atoms with Gasteiger partial charge in [0, 0.05) is 31.6 Å². The quantitative estimate of drug-likeness (QED) is 0.430. The number of carbonyl (C=O) groups is 2. The van der Waals surface area contributed by atoms with Crippen molar-refractivity contribution in [2.75, 3.05) is 24.2 Å². The number of sulfone groups is 1. The second kappa shape index (κ2) is 12.1. The van der Waals surface area contributed by atoms with E-state index < -0.39 is 9.84 Å². The lowest BCUT2D eigenvalue weighted by molar-refractivity contribution is -0.132. The van der Waals surface area contributed by atoms with E-state index in [0.717, 1.165) is 24.0 Å². The number of hydrogen-bond donors (Lipinski definition) is 1. The highest BCUT2D eigenvalue weighted by Gasteiger charge is 2.24. The largest absolute Gasteiger partial charge is 0.343 e. The molecular formula is C29H31FN2O4S. The molecule has 0 spiro atoms. The van der Waals surface area contributed by atoms with Crippen LogP contribution < -0.4 is 5.32 Å². The molecule has 1 saturated heterocycles. The number of carbonyl (C=O) groups excluding carboxylic acids is 2. The summed E-state index contributed by atoms with van der Waals surface area (Å²) in [6, 6.07) is 22.0. The van der Waals surface area contributed by atoms with Gasteiger partial charge >= 0.3 is 0 Å². The second-order valence-corrected chi connectivity index (χ2v) is 11.4. The zero-order valence-electron chi connectivity index (χ0n) is 20.6. The van der Waals surface area contributed by atoms with Crippen LogP contribution in [0.1, 0.15) is 42.7 Å². The van der Waals surface area contributed by atoms with Crippen LogP contribution in [0.25, 0.3) is 0 Å². The van der Waals surface area contributed by atoms with Crippen molar-refractivity contribution in [1.82, 2.24) is 4.90 Å². The average Bonchev–Trinajstić information content (AvgIpc) is 2.92. The Kier molecular flexibility index (Phi) is 8.71. The van der Waals surface area contributed by atoms with Crippen LogP contribution in [-0.2, 0) is 25.8 Å². The molecule has 0 unspecified atom stereocenters. The van der Waals surface area contributed by atoms with Crippen LogP contribution in [0, 0.1) is 5.82 Å². The van der Waals surface area contributed by atoms with Gasteiger partial charge in [-0.1, -0.05) is 42.5 Å². The Balaban J connectivity index is 1.21. The Labute approximate surface area is 217 Å². The Morgan fingerprint density at radius 2 is 1.51 bits per heavy atom. The van der Waals surface area contributed by atoms with Gasteiger partial charge in [0.05, 0.1) is 10.6 Å². The maximum atomic E-state index is 13.0. The highest BCUT2D eigenvalue weighted by atomic mass is 32.2. The molecule has 0 radical (unpaired) electrons. The molecule has 194 valence electrons. The fourth-order valence-corrected chi connectivity index (χ4v) is 5.82. The molecule has 1 fully saturated rings. The molecule has 1 aliphatic heterocycles. The summed E-state index contributed by atoms with van der Waals surface area (Å²) < 4.78 is 37.8. The molecule has 3 aromatic carbocycles. The van der Waals surface area contributed by atoms with E-state index in [0.29, 0.717) is 37.5 Å². The molecule has 0 aliphatic carbocycles. The maximum Gasteiger partial charge on any atom is 0.225 e. The predicted molar refractivity (Wildman–Crippen MR) is 141 cm³/mol. The summed E-state index contributed by atoms with van der Waals surface area (Å²) >= 11 is 0. The Morgan fingerprint density at radius 3 is 2.16 bits per heavy atom. The summed E-state index contributed by atoms with van der Waals surface area (Å²) in [6.07, 6.45) is 2.63. The molecule has 0 atom stereocenters. The van der Waals surface area contributed by atoms with Gasteiger partial charge in [-0.05, 0) is 72.7 Å². The highest BCUT2D eigenvalue weighted by molar-refractivity contribution is 7.91. The fraction of sp³-hybridized carbons (Fsp3) is 0.310. The number of amides is 2. The smallest absolute Gasteiger partial charge is 0.225 e. The number of piperidine rings is 1. The molecule has 4 rings (SSSR count). The van der Waals surface area contributed by atoms with Crippen LogP contribution in [0.5, 0.6) is 0 Å². The summed E-state index contributed by atoms with van der Waals surface area (Å²) in [7, 11) is -3.50. The van der Waals surface area contributed by atoms with Crippen molar-refractivity contribution >= 4 is 27.3 Å². The lowest BCUT2D eigenvalue weighted by Crippen LogP contribution is -2.38. The van der Waals surface area contributed by atoms with Gasteiger partial charge in [-0.3, -0.25) is 9.59 Å². The summed E-state index contributed by atoms with van der Waals surface area (Å²) in [4.78, 5) is 27.0. The molecule has 1 heterocycles. The molecular weight excluding hydrogens is 491 g/mol. The van der Waals surface area contributed by atoms with Crippen LogP contribution in [0.15, 0.2) is 83.8 Å². The van der Waals surface area contributed by atoms with E-state index in [1.54, 1.807) is 30.3 Å². The first-order valence-corrected chi connectivity index (χ1v) is 14.2. The molecule has 2 amide bonds. The summed E-state index contributed by atoms with van der Waals surface area (Å²) in [5.74, 6) is -0.416. The van der Waals surface area contributed by atoms with E-state index in [1.807, 2.05) is 29.2 Å². The third-order valence-corrected chi connectivity index (χ3v) is 8.49. The van der Waals surface area contributed by atoms with Gasteiger partial charge in [-0.2, -0.15) is 0 Å². The molecule has 37 heavy (non-hydrogen) atoms. The third kappa shape index (κ3) is 7.49. The number of nitrogens with one attached hydrogen (secondary N) is 1. The molecule has 0 saturated carbocycles. The normalized spacial score (nSPS) is 14.4. The van der Waals surface area contributed by atoms with Gasteiger partial charge in [0.2, 0.25) is 11.8 Å². The minimum absolute atomic E-state index is 0.118. The van der Waals surface area contributed by atoms with E-state index in [2.05, 4.69) is 5.32 Å². The standard InChI is InChI=1S/C29H31FN2O4S/c30-25-11-6-22(7-12-25)8-15-29(34)32-19-16-24(17-20-32)23-9-13-26(14-10-23)31-28(33)18-21-37(35,36)27-4-2-1-3-5-27/h1-7,9-14,24H,8,15-21H2,(H,31,33). The first-order valence-electron chi connectivity index (χ1n) is 12.5. The summed E-state index contributed by atoms with van der Waals surface area (Å²) in [6.45, 7) is 1.39. The van der Waals surface area contributed by atoms with E-state index in [4.69, 9.17) is 0 Å². The van der Waals surface area contributed by atoms with E-state index in [1.165, 1.54) is 24.3 Å². The maximum absolute atomic E-state index is 13.0. The summed E-state index contributed by atoms with van der Waals surface area (Å²) in [5, 5.41) is 2.77. The Morgan fingerprint density at radius 1 is 0.865 bits per heavy atom. The first kappa shape index (κ1) is 26.5. The lowest BCUT2D eigenvalue weighted by atomic mass is 9.89. The van der Waals surface area contributed by atoms with Crippen LogP contribution >= 0.6 is 0 Å². The van der Waals surface area contributed by atoms with Crippen LogP contribution in [0.4, 0.5) is 10.1 Å². The zero-order valence-corrected chi connectivity index (χ0v) is 21.4. The second-order valence-electron chi connectivity index (χ2n) is 9.33. The highest BCUT2D eigenvalue weighted by Crippen LogP contribution is 2.29. The van der Waals surface area contributed by atoms with Crippen molar-refractivity contribution in [3.8, 4) is 0 Å². The fourth-order valence-electron chi connectivity index (χ4n) is 4.56. The Hall–Kier alpha value is -3.52. The predicted octanol–water partition coefficient (Wildman–Crippen LogP) is 4.97. The molecule has 6 nitrogen and oxygen atoms in total. The van der Waals surface area contributed by atoms with E-state index in [9.17, 15) is 22.4 Å². The van der Waals surface area contributed by atoms with Gasteiger partial charge in [0.1, 0.15) is 5.82 Å². The number of rotatable bonds is 9. The van der Waals surface area contributed by atoms with Gasteiger partial charge < -0.3 is 10.2 Å². The van der Waals surface area contributed by atoms with Gasteiger partial charge in [0.25, 0.3) is 0 Å². The molecule has 0 bridgehead atoms. The minimum atomic E-state index is -3.50. The Bertz CT molecular complexity index is 1300. The zero-order chi connectivity index (χ0) is 26.3. The van der Waals surface area contributed by atoms with Crippen molar-refractivity contribution in [3.05, 3.63) is 95.8 Å². The van der Waals surface area contributed by atoms with E-state index in [-0.39, 0.29) is 34.7 Å². The number of benzene rings is 3. The van der Waals surface area contributed by atoms with Crippen molar-refractivity contribution in [2.45, 2.75) is 42.9 Å². The van der Waals surface area contributed by atoms with Crippen molar-refractivity contribution in [1.29, 1.82) is 0 Å². The first-order chi connectivity index (χ1) is 17.8. The molecule has 1 aliphatic rings. The van der Waals surface area contributed by atoms with Crippen LogP contribution in [-0.4, -0.2) is 44.0 Å². The van der Waals surface area contributed by atoms with E-state index >= 15 is 0 Å². The number of likely N-dealkylation sites (tertiary alicyclic amines) is 1. The number of nitrogens with zero attached hydrogens (tertiary/aromatic N) is 1. The van der Waals surface area contributed by atoms with Gasteiger partial charge in [-0.15, -0.1) is 0 Å². The molecule has 3 aromatic rings. The van der Waals surface area contributed by atoms with Crippen LogP contribution in [0.2, 0.25) is 0 Å². The molecule has 1 N–H and O–H groups in total. The van der Waals surface area contributed by atoms with Crippen LogP contribution in [0.3, 0.4) is 0 Å². The number of hydrogen-bond acceptors (Lipinski definition) is 4. The third-order valence-electron chi connectivity index (χ3n) is 6.75. The number of anilines is 1. The topological polar surface area (TPSA) is 83.6 Å². The van der Waals surface area contributed by atoms with Crippen molar-refractivity contribution < 1.29 is 22.4 Å². The molecule has 8 heteroatoms. The minimum Gasteiger partial charge on any atom is -0.343 e. The van der Waals surface area contributed by atoms with Gasteiger partial charge in [-0.25, -0.2) is 12.8 Å². The van der Waals surface area contributed by atoms with Gasteiger partial charge in [0.15, 0.2) is 9.84 Å². The SMILES string of the molecule is O=C(CCS(=O)(=O)c1ccccc1)Nc1ccc(C2CCN(C(=O)CCc3ccc(F)cc3)CC2)cc1. The van der Waals surface area contributed by atoms with Crippen molar-refractivity contribution in [3.63, 3.8) is 0 Å². The molecule has 0 aromatic heterocycles. The summed E-state index contributed by atoms with van der Waals surface area (Å²) in [5.41, 5.74) is 2.73. The lowest BCUT2D eigenvalue weighted by Gasteiger charge is -2.32. The number of halogens is 1.